The molecule has 0 radical (unpaired) electrons. The van der Waals surface area contributed by atoms with Gasteiger partial charge in [0.1, 0.15) is 0 Å². The lowest BCUT2D eigenvalue weighted by Crippen LogP contribution is -2.58. The smallest absolute Gasteiger partial charge is 0.0548 e. The zero-order valence-corrected chi connectivity index (χ0v) is 14.0. The fraction of sp³-hybridized carbons (Fsp3) is 0.647. The molecule has 5 rings (SSSR count). The second-order valence-electron chi connectivity index (χ2n) is 7.30. The molecule has 4 aliphatic carbocycles. The van der Waals surface area contributed by atoms with Gasteiger partial charge in [-0.25, -0.2) is 0 Å². The molecule has 0 spiro atoms. The Morgan fingerprint density at radius 3 is 2.25 bits per heavy atom. The highest BCUT2D eigenvalue weighted by Crippen LogP contribution is 2.55. The summed E-state index contributed by atoms with van der Waals surface area (Å²) in [7, 11) is 0. The molecule has 4 saturated carbocycles. The molecule has 0 atom stereocenters. The van der Waals surface area contributed by atoms with Gasteiger partial charge in [0.05, 0.1) is 5.02 Å². The number of rotatable bonds is 3. The molecule has 4 bridgehead atoms. The third kappa shape index (κ3) is 2.44. The van der Waals surface area contributed by atoms with Gasteiger partial charge in [0.25, 0.3) is 0 Å². The van der Waals surface area contributed by atoms with Gasteiger partial charge in [0, 0.05) is 16.6 Å². The van der Waals surface area contributed by atoms with Crippen LogP contribution in [0.2, 0.25) is 5.02 Å². The van der Waals surface area contributed by atoms with E-state index in [1.807, 2.05) is 6.07 Å². The number of hydrogen-bond acceptors (Lipinski definition) is 1. The first-order chi connectivity index (χ1) is 9.62. The molecule has 108 valence electrons. The third-order valence-corrected chi connectivity index (χ3v) is 6.90. The first-order valence-electron chi connectivity index (χ1n) is 7.81. The summed E-state index contributed by atoms with van der Waals surface area (Å²) in [5, 5.41) is 4.72. The molecule has 1 aromatic carbocycles. The van der Waals surface area contributed by atoms with E-state index in [1.54, 1.807) is 0 Å². The highest BCUT2D eigenvalue weighted by atomic mass is 79.9. The van der Waals surface area contributed by atoms with Gasteiger partial charge in [-0.3, -0.25) is 0 Å². The molecule has 0 saturated heterocycles. The van der Waals surface area contributed by atoms with Crippen LogP contribution in [0.4, 0.5) is 0 Å². The molecule has 0 aromatic heterocycles. The monoisotopic (exact) mass is 353 g/mol. The Kier molecular flexibility index (Phi) is 3.40. The molecular formula is C17H21BrClN. The van der Waals surface area contributed by atoms with Crippen molar-refractivity contribution in [2.45, 2.75) is 50.6 Å². The van der Waals surface area contributed by atoms with Crippen LogP contribution in [0.5, 0.6) is 0 Å². The largest absolute Gasteiger partial charge is 0.307 e. The van der Waals surface area contributed by atoms with Gasteiger partial charge >= 0.3 is 0 Å². The lowest BCUT2D eigenvalue weighted by atomic mass is 9.53. The highest BCUT2D eigenvalue weighted by Gasteiger charge is 2.50. The van der Waals surface area contributed by atoms with Crippen molar-refractivity contribution in [2.24, 2.45) is 17.8 Å². The predicted molar refractivity (Wildman–Crippen MR) is 86.9 cm³/mol. The Labute approximate surface area is 134 Å². The van der Waals surface area contributed by atoms with Crippen LogP contribution in [0, 0.1) is 17.8 Å². The van der Waals surface area contributed by atoms with Crippen molar-refractivity contribution in [3.8, 4) is 0 Å². The average Bonchev–Trinajstić information content (AvgIpc) is 2.39. The van der Waals surface area contributed by atoms with Gasteiger partial charge in [-0.15, -0.1) is 0 Å². The minimum Gasteiger partial charge on any atom is -0.307 e. The number of benzene rings is 1. The summed E-state index contributed by atoms with van der Waals surface area (Å²) < 4.78 is 1.00. The highest BCUT2D eigenvalue weighted by molar-refractivity contribution is 9.10. The standard InChI is InChI=1S/C17H21BrClN/c18-15-6-11(1-2-16(15)19)10-20-17-7-12-3-13(8-17)5-14(4-12)9-17/h1-2,6,12-14,20H,3-5,7-10H2. The molecule has 4 fully saturated rings. The summed E-state index contributed by atoms with van der Waals surface area (Å²) in [5.74, 6) is 3.02. The minimum atomic E-state index is 0.445. The van der Waals surface area contributed by atoms with Crippen LogP contribution >= 0.6 is 27.5 Å². The third-order valence-electron chi connectivity index (χ3n) is 5.69. The van der Waals surface area contributed by atoms with E-state index in [4.69, 9.17) is 11.6 Å². The summed E-state index contributed by atoms with van der Waals surface area (Å²) in [5.41, 5.74) is 1.78. The molecular weight excluding hydrogens is 334 g/mol. The molecule has 20 heavy (non-hydrogen) atoms. The number of halogens is 2. The molecule has 1 aromatic rings. The van der Waals surface area contributed by atoms with Crippen LogP contribution in [-0.4, -0.2) is 5.54 Å². The molecule has 0 heterocycles. The van der Waals surface area contributed by atoms with E-state index in [2.05, 4.69) is 33.4 Å². The lowest BCUT2D eigenvalue weighted by molar-refractivity contribution is -0.0206. The van der Waals surface area contributed by atoms with E-state index in [9.17, 15) is 0 Å². The van der Waals surface area contributed by atoms with E-state index in [-0.39, 0.29) is 0 Å². The first-order valence-corrected chi connectivity index (χ1v) is 8.98. The first kappa shape index (κ1) is 13.6. The van der Waals surface area contributed by atoms with Crippen LogP contribution in [0.1, 0.15) is 44.1 Å². The van der Waals surface area contributed by atoms with Crippen molar-refractivity contribution >= 4 is 27.5 Å². The van der Waals surface area contributed by atoms with Crippen LogP contribution in [0.15, 0.2) is 22.7 Å². The maximum Gasteiger partial charge on any atom is 0.0548 e. The quantitative estimate of drug-likeness (QED) is 0.790. The topological polar surface area (TPSA) is 12.0 Å². The van der Waals surface area contributed by atoms with Crippen LogP contribution in [0.3, 0.4) is 0 Å². The van der Waals surface area contributed by atoms with Gasteiger partial charge in [-0.2, -0.15) is 0 Å². The molecule has 1 N–H and O–H groups in total. The maximum absolute atomic E-state index is 6.07. The van der Waals surface area contributed by atoms with Gasteiger partial charge in [0.15, 0.2) is 0 Å². The van der Waals surface area contributed by atoms with Crippen molar-refractivity contribution in [2.75, 3.05) is 0 Å². The summed E-state index contributed by atoms with van der Waals surface area (Å²) >= 11 is 9.59. The van der Waals surface area contributed by atoms with E-state index in [1.165, 1.54) is 44.1 Å². The van der Waals surface area contributed by atoms with Crippen molar-refractivity contribution in [3.05, 3.63) is 33.3 Å². The Bertz CT molecular complexity index is 492. The zero-order chi connectivity index (χ0) is 13.7. The minimum absolute atomic E-state index is 0.445. The van der Waals surface area contributed by atoms with Crippen molar-refractivity contribution in [3.63, 3.8) is 0 Å². The predicted octanol–water partition coefficient (Wildman–Crippen LogP) is 5.16. The second kappa shape index (κ2) is 5.00. The fourth-order valence-corrected chi connectivity index (χ4v) is 5.81. The summed E-state index contributed by atoms with van der Waals surface area (Å²) in [6.45, 7) is 0.974. The summed E-state index contributed by atoms with van der Waals surface area (Å²) in [6, 6.07) is 6.28. The van der Waals surface area contributed by atoms with Crippen LogP contribution in [-0.2, 0) is 6.54 Å². The Morgan fingerprint density at radius 1 is 1.10 bits per heavy atom. The van der Waals surface area contributed by atoms with Crippen molar-refractivity contribution < 1.29 is 0 Å². The molecule has 1 nitrogen and oxygen atoms in total. The SMILES string of the molecule is Clc1ccc(CNC23CC4CC(CC(C4)C2)C3)cc1Br. The number of nitrogens with one attached hydrogen (secondary N) is 1. The van der Waals surface area contributed by atoms with Crippen molar-refractivity contribution in [1.29, 1.82) is 0 Å². The molecule has 0 amide bonds. The Morgan fingerprint density at radius 2 is 1.70 bits per heavy atom. The van der Waals surface area contributed by atoms with E-state index < -0.39 is 0 Å². The van der Waals surface area contributed by atoms with E-state index in [0.717, 1.165) is 33.8 Å². The van der Waals surface area contributed by atoms with Crippen LogP contribution in [0.25, 0.3) is 0 Å². The number of hydrogen-bond donors (Lipinski definition) is 1. The molecule has 0 aliphatic heterocycles. The molecule has 0 unspecified atom stereocenters. The molecule has 4 aliphatic rings. The van der Waals surface area contributed by atoms with E-state index >= 15 is 0 Å². The normalized spacial score (nSPS) is 38.4. The second-order valence-corrected chi connectivity index (χ2v) is 8.56. The fourth-order valence-electron chi connectivity index (χ4n) is 5.27. The van der Waals surface area contributed by atoms with Crippen LogP contribution < -0.4 is 5.32 Å². The molecule has 3 heteroatoms. The zero-order valence-electron chi connectivity index (χ0n) is 11.7. The average molecular weight is 355 g/mol. The van der Waals surface area contributed by atoms with Gasteiger partial charge in [-0.05, 0) is 89.9 Å². The van der Waals surface area contributed by atoms with Gasteiger partial charge in [-0.1, -0.05) is 17.7 Å². The van der Waals surface area contributed by atoms with Gasteiger partial charge in [0.2, 0.25) is 0 Å². The lowest BCUT2D eigenvalue weighted by Gasteiger charge is -2.57. The van der Waals surface area contributed by atoms with E-state index in [0.29, 0.717) is 5.54 Å². The summed E-state index contributed by atoms with van der Waals surface area (Å²) in [6.07, 6.45) is 8.75. The Hall–Kier alpha value is -0.0500. The summed E-state index contributed by atoms with van der Waals surface area (Å²) in [4.78, 5) is 0. The Balaban J connectivity index is 1.47. The van der Waals surface area contributed by atoms with Gasteiger partial charge < -0.3 is 5.32 Å². The maximum atomic E-state index is 6.07. The van der Waals surface area contributed by atoms with Crippen molar-refractivity contribution in [1.82, 2.24) is 5.32 Å².